The summed E-state index contributed by atoms with van der Waals surface area (Å²) >= 11 is 0. The second-order valence-corrected chi connectivity index (χ2v) is 5.42. The number of aromatic nitrogens is 1. The highest BCUT2D eigenvalue weighted by atomic mass is 16.3. The maximum absolute atomic E-state index is 12.4. The second-order valence-electron chi connectivity index (χ2n) is 5.42. The number of rotatable bonds is 6. The fourth-order valence-electron chi connectivity index (χ4n) is 2.21. The van der Waals surface area contributed by atoms with Crippen LogP contribution in [0.2, 0.25) is 0 Å². The van der Waals surface area contributed by atoms with E-state index in [9.17, 15) is 4.79 Å². The molecule has 23 heavy (non-hydrogen) atoms. The van der Waals surface area contributed by atoms with Gasteiger partial charge < -0.3 is 20.2 Å². The van der Waals surface area contributed by atoms with E-state index in [4.69, 9.17) is 5.11 Å². The first kappa shape index (κ1) is 16.8. The van der Waals surface area contributed by atoms with Gasteiger partial charge >= 0.3 is 0 Å². The Bertz CT molecular complexity index is 656. The van der Waals surface area contributed by atoms with Crippen molar-refractivity contribution < 1.29 is 9.90 Å². The van der Waals surface area contributed by atoms with E-state index in [-0.39, 0.29) is 12.5 Å². The molecule has 2 N–H and O–H groups in total. The van der Waals surface area contributed by atoms with E-state index in [1.54, 1.807) is 18.3 Å². The van der Waals surface area contributed by atoms with Crippen LogP contribution in [-0.2, 0) is 0 Å². The third-order valence-corrected chi connectivity index (χ3v) is 3.46. The minimum absolute atomic E-state index is 0.101. The molecule has 0 atom stereocenters. The summed E-state index contributed by atoms with van der Waals surface area (Å²) in [5.41, 5.74) is 2.22. The van der Waals surface area contributed by atoms with Crippen LogP contribution in [0.4, 0.5) is 17.2 Å². The second kappa shape index (κ2) is 7.60. The van der Waals surface area contributed by atoms with Crippen LogP contribution in [-0.4, -0.2) is 50.3 Å². The molecule has 2 aromatic rings. The lowest BCUT2D eigenvalue weighted by Crippen LogP contribution is -2.21. The van der Waals surface area contributed by atoms with Gasteiger partial charge in [0.15, 0.2) is 0 Å². The van der Waals surface area contributed by atoms with Gasteiger partial charge in [0.1, 0.15) is 5.82 Å². The Kier molecular flexibility index (Phi) is 5.54. The van der Waals surface area contributed by atoms with Gasteiger partial charge in [-0.1, -0.05) is 0 Å². The van der Waals surface area contributed by atoms with Gasteiger partial charge in [0.25, 0.3) is 5.91 Å². The Morgan fingerprint density at radius 2 is 1.87 bits per heavy atom. The summed E-state index contributed by atoms with van der Waals surface area (Å²) in [6.45, 7) is 0.664. The van der Waals surface area contributed by atoms with Crippen molar-refractivity contribution in [2.75, 3.05) is 49.4 Å². The molecule has 1 heterocycles. The van der Waals surface area contributed by atoms with Gasteiger partial charge in [-0.05, 0) is 36.4 Å². The van der Waals surface area contributed by atoms with Crippen molar-refractivity contribution in [1.82, 2.24) is 4.98 Å². The molecule has 0 radical (unpaired) electrons. The van der Waals surface area contributed by atoms with Gasteiger partial charge in [0, 0.05) is 45.3 Å². The molecule has 0 saturated carbocycles. The first-order valence-corrected chi connectivity index (χ1v) is 7.38. The van der Waals surface area contributed by atoms with E-state index >= 15 is 0 Å². The fraction of sp³-hybridized carbons (Fsp3) is 0.294. The molecular formula is C17H22N4O2. The maximum Gasteiger partial charge on any atom is 0.259 e. The zero-order valence-corrected chi connectivity index (χ0v) is 13.7. The van der Waals surface area contributed by atoms with Crippen LogP contribution in [0, 0.1) is 0 Å². The van der Waals surface area contributed by atoms with Gasteiger partial charge in [0.2, 0.25) is 0 Å². The molecule has 0 aliphatic heterocycles. The minimum Gasteiger partial charge on any atom is -0.395 e. The Morgan fingerprint density at radius 3 is 2.48 bits per heavy atom. The number of hydrogen-bond donors (Lipinski definition) is 2. The van der Waals surface area contributed by atoms with Gasteiger partial charge in [-0.15, -0.1) is 0 Å². The van der Waals surface area contributed by atoms with E-state index in [2.05, 4.69) is 10.3 Å². The molecule has 6 heteroatoms. The van der Waals surface area contributed by atoms with Crippen molar-refractivity contribution >= 4 is 23.1 Å². The average Bonchev–Trinajstić information content (AvgIpc) is 2.55. The largest absolute Gasteiger partial charge is 0.395 e. The van der Waals surface area contributed by atoms with Gasteiger partial charge in [-0.2, -0.15) is 0 Å². The zero-order valence-electron chi connectivity index (χ0n) is 13.7. The van der Waals surface area contributed by atoms with Crippen LogP contribution < -0.4 is 15.1 Å². The monoisotopic (exact) mass is 314 g/mol. The number of anilines is 3. The smallest absolute Gasteiger partial charge is 0.259 e. The molecule has 0 spiro atoms. The molecule has 0 fully saturated rings. The summed E-state index contributed by atoms with van der Waals surface area (Å²) in [7, 11) is 5.61. The molecule has 1 amide bonds. The summed E-state index contributed by atoms with van der Waals surface area (Å²) in [6.07, 6.45) is 1.66. The van der Waals surface area contributed by atoms with Crippen molar-refractivity contribution in [3.63, 3.8) is 0 Å². The SMILES string of the molecule is CN(C)c1ncccc1C(=O)Nc1ccc(N(C)CCO)cc1. The third-order valence-electron chi connectivity index (χ3n) is 3.46. The number of carbonyl (C=O) groups is 1. The number of nitrogens with zero attached hydrogens (tertiary/aromatic N) is 3. The van der Waals surface area contributed by atoms with Crippen LogP contribution in [0.25, 0.3) is 0 Å². The Labute approximate surface area is 136 Å². The Hall–Kier alpha value is -2.60. The first-order valence-electron chi connectivity index (χ1n) is 7.38. The topological polar surface area (TPSA) is 68.7 Å². The van der Waals surface area contributed by atoms with Crippen LogP contribution in [0.15, 0.2) is 42.6 Å². The molecule has 0 aliphatic rings. The lowest BCUT2D eigenvalue weighted by Gasteiger charge is -2.18. The summed E-state index contributed by atoms with van der Waals surface area (Å²) in [5, 5.41) is 11.8. The predicted molar refractivity (Wildman–Crippen MR) is 93.3 cm³/mol. The van der Waals surface area contributed by atoms with E-state index in [0.717, 1.165) is 5.69 Å². The van der Waals surface area contributed by atoms with E-state index in [1.807, 2.05) is 55.2 Å². The standard InChI is InChI=1S/C17H22N4O2/c1-20(2)16-15(5-4-10-18-16)17(23)19-13-6-8-14(9-7-13)21(3)11-12-22/h4-10,22H,11-12H2,1-3H3,(H,19,23). The summed E-state index contributed by atoms with van der Waals surface area (Å²) in [5.74, 6) is 0.433. The van der Waals surface area contributed by atoms with Crippen LogP contribution >= 0.6 is 0 Å². The molecule has 6 nitrogen and oxygen atoms in total. The van der Waals surface area contributed by atoms with E-state index < -0.39 is 0 Å². The fourth-order valence-corrected chi connectivity index (χ4v) is 2.21. The van der Waals surface area contributed by atoms with Crippen molar-refractivity contribution in [3.05, 3.63) is 48.2 Å². The van der Waals surface area contributed by atoms with Gasteiger partial charge in [-0.25, -0.2) is 4.98 Å². The quantitative estimate of drug-likeness (QED) is 0.851. The van der Waals surface area contributed by atoms with Crippen LogP contribution in [0.5, 0.6) is 0 Å². The van der Waals surface area contributed by atoms with Crippen LogP contribution in [0.3, 0.4) is 0 Å². The molecule has 122 valence electrons. The van der Waals surface area contributed by atoms with E-state index in [0.29, 0.717) is 23.6 Å². The molecular weight excluding hydrogens is 292 g/mol. The van der Waals surface area contributed by atoms with E-state index in [1.165, 1.54) is 0 Å². The van der Waals surface area contributed by atoms with Gasteiger partial charge in [-0.3, -0.25) is 4.79 Å². The molecule has 0 bridgehead atoms. The van der Waals surface area contributed by atoms with Crippen molar-refractivity contribution in [1.29, 1.82) is 0 Å². The van der Waals surface area contributed by atoms with Crippen molar-refractivity contribution in [2.45, 2.75) is 0 Å². The number of carbonyl (C=O) groups excluding carboxylic acids is 1. The summed E-state index contributed by atoms with van der Waals surface area (Å²) in [4.78, 5) is 20.4. The number of likely N-dealkylation sites (N-methyl/N-ethyl adjacent to an activating group) is 1. The normalized spacial score (nSPS) is 10.3. The maximum atomic E-state index is 12.4. The summed E-state index contributed by atoms with van der Waals surface area (Å²) in [6, 6.07) is 11.0. The van der Waals surface area contributed by atoms with Crippen molar-refractivity contribution in [2.24, 2.45) is 0 Å². The predicted octanol–water partition coefficient (Wildman–Crippen LogP) is 1.83. The molecule has 0 aliphatic carbocycles. The lowest BCUT2D eigenvalue weighted by atomic mass is 10.2. The molecule has 2 rings (SSSR count). The highest BCUT2D eigenvalue weighted by Gasteiger charge is 2.13. The van der Waals surface area contributed by atoms with Gasteiger partial charge in [0.05, 0.1) is 12.2 Å². The molecule has 1 aromatic heterocycles. The molecule has 0 saturated heterocycles. The number of amides is 1. The molecule has 0 unspecified atom stereocenters. The number of pyridine rings is 1. The average molecular weight is 314 g/mol. The van der Waals surface area contributed by atoms with Crippen LogP contribution in [0.1, 0.15) is 10.4 Å². The Balaban J connectivity index is 2.12. The molecule has 1 aromatic carbocycles. The van der Waals surface area contributed by atoms with Crippen molar-refractivity contribution in [3.8, 4) is 0 Å². The lowest BCUT2D eigenvalue weighted by molar-refractivity contribution is 0.102. The highest BCUT2D eigenvalue weighted by molar-refractivity contribution is 6.07. The first-order chi connectivity index (χ1) is 11.0. The minimum atomic E-state index is -0.196. The zero-order chi connectivity index (χ0) is 16.8. The highest BCUT2D eigenvalue weighted by Crippen LogP contribution is 2.19. The Morgan fingerprint density at radius 1 is 1.17 bits per heavy atom. The number of nitrogens with one attached hydrogen (secondary N) is 1. The third kappa shape index (κ3) is 4.20. The number of aliphatic hydroxyl groups excluding tert-OH is 1. The number of aliphatic hydroxyl groups is 1. The number of benzene rings is 1. The number of hydrogen-bond acceptors (Lipinski definition) is 5. The summed E-state index contributed by atoms with van der Waals surface area (Å²) < 4.78 is 0.